The van der Waals surface area contributed by atoms with E-state index < -0.39 is 0 Å². The zero-order chi connectivity index (χ0) is 24.0. The Kier molecular flexibility index (Phi) is 18.2. The summed E-state index contributed by atoms with van der Waals surface area (Å²) in [6.07, 6.45) is 0. The lowest BCUT2D eigenvalue weighted by atomic mass is 9.96. The lowest BCUT2D eigenvalue weighted by Gasteiger charge is -2.14. The summed E-state index contributed by atoms with van der Waals surface area (Å²) in [5.41, 5.74) is -0.399. The van der Waals surface area contributed by atoms with Gasteiger partial charge >= 0.3 is 0 Å². The summed E-state index contributed by atoms with van der Waals surface area (Å²) in [6, 6.07) is 0. The molecule has 0 aromatic rings. The van der Waals surface area contributed by atoms with Gasteiger partial charge in [-0.15, -0.1) is 0 Å². The van der Waals surface area contributed by atoms with Crippen LogP contribution in [-0.2, 0) is 19.1 Å². The Balaban J connectivity index is -0.000000139. The van der Waals surface area contributed by atoms with Crippen LogP contribution in [0.15, 0.2) is 0 Å². The number of rotatable bonds is 0. The molecule has 6 heteroatoms. The first-order chi connectivity index (χ1) is 12.1. The minimum atomic E-state index is -0.241. The average Bonchev–Trinajstić information content (AvgIpc) is 2.51. The zero-order valence-corrected chi connectivity index (χ0v) is 21.6. The fraction of sp³-hybridized carbons (Fsp3) is 0.909. The summed E-state index contributed by atoms with van der Waals surface area (Å²) in [6.45, 7) is 23.4. The second-order valence-electron chi connectivity index (χ2n) is 10.3. The van der Waals surface area contributed by atoms with Gasteiger partial charge in [-0.2, -0.15) is 0 Å². The molecule has 0 spiro atoms. The highest BCUT2D eigenvalue weighted by molar-refractivity contribution is 5.81. The summed E-state index contributed by atoms with van der Waals surface area (Å²) in [5.74, 6) is 0.162. The molecule has 0 rings (SSSR count). The van der Waals surface area contributed by atoms with Gasteiger partial charge in [-0.1, -0.05) is 41.5 Å². The number of carbonyl (C=O) groups excluding carboxylic acids is 2. The van der Waals surface area contributed by atoms with Crippen LogP contribution in [0.5, 0.6) is 0 Å². The van der Waals surface area contributed by atoms with Gasteiger partial charge in [-0.3, -0.25) is 9.59 Å². The third kappa shape index (κ3) is 32.5. The van der Waals surface area contributed by atoms with Gasteiger partial charge in [0.2, 0.25) is 11.8 Å². The van der Waals surface area contributed by atoms with E-state index in [0.717, 1.165) is 0 Å². The molecule has 2 N–H and O–H groups in total. The number of carbonyl (C=O) groups is 2. The van der Waals surface area contributed by atoms with Crippen LogP contribution in [0.4, 0.5) is 0 Å². The Morgan fingerprint density at radius 2 is 0.679 bits per heavy atom. The first-order valence-electron chi connectivity index (χ1n) is 9.63. The summed E-state index contributed by atoms with van der Waals surface area (Å²) in [7, 11) is 6.71. The molecule has 28 heavy (non-hydrogen) atoms. The first-order valence-corrected chi connectivity index (χ1v) is 9.63. The fourth-order valence-electron chi connectivity index (χ4n) is 0.750. The van der Waals surface area contributed by atoms with Crippen molar-refractivity contribution in [2.75, 3.05) is 28.3 Å². The molecule has 0 aliphatic rings. The van der Waals surface area contributed by atoms with E-state index in [-0.39, 0.29) is 33.8 Å². The van der Waals surface area contributed by atoms with E-state index in [2.05, 4.69) is 10.6 Å². The van der Waals surface area contributed by atoms with Crippen LogP contribution in [0, 0.1) is 10.8 Å². The second-order valence-corrected chi connectivity index (χ2v) is 10.3. The molecule has 0 aliphatic heterocycles. The molecule has 0 aromatic heterocycles. The minimum Gasteiger partial charge on any atom is -0.379 e. The molecule has 0 atom stereocenters. The van der Waals surface area contributed by atoms with Gasteiger partial charge in [0.1, 0.15) is 0 Å². The van der Waals surface area contributed by atoms with Gasteiger partial charge < -0.3 is 20.1 Å². The predicted octanol–water partition coefficient (Wildman–Crippen LogP) is 4.42. The second kappa shape index (κ2) is 14.8. The Morgan fingerprint density at radius 1 is 0.536 bits per heavy atom. The maximum Gasteiger partial charge on any atom is 0.225 e. The highest BCUT2D eigenvalue weighted by Gasteiger charge is 2.19. The van der Waals surface area contributed by atoms with Gasteiger partial charge in [0.25, 0.3) is 0 Å². The van der Waals surface area contributed by atoms with Crippen molar-refractivity contribution in [1.29, 1.82) is 0 Å². The molecule has 0 fully saturated rings. The van der Waals surface area contributed by atoms with E-state index in [1.807, 2.05) is 83.1 Å². The van der Waals surface area contributed by atoms with Crippen molar-refractivity contribution in [2.45, 2.75) is 94.3 Å². The van der Waals surface area contributed by atoms with Crippen LogP contribution in [0.2, 0.25) is 0 Å². The van der Waals surface area contributed by atoms with Crippen LogP contribution in [0.1, 0.15) is 83.1 Å². The molecule has 0 aliphatic carbocycles. The lowest BCUT2D eigenvalue weighted by molar-refractivity contribution is -0.128. The minimum absolute atomic E-state index is 0.0417. The summed E-state index contributed by atoms with van der Waals surface area (Å²) in [5, 5.41) is 5.13. The van der Waals surface area contributed by atoms with E-state index >= 15 is 0 Å². The van der Waals surface area contributed by atoms with Gasteiger partial charge in [-0.25, -0.2) is 0 Å². The molecule has 0 aromatic carbocycles. The van der Waals surface area contributed by atoms with Crippen LogP contribution < -0.4 is 10.6 Å². The van der Waals surface area contributed by atoms with Crippen molar-refractivity contribution in [1.82, 2.24) is 10.6 Å². The number of ether oxygens (including phenoxy) is 2. The maximum atomic E-state index is 10.7. The topological polar surface area (TPSA) is 76.7 Å². The molecule has 0 unspecified atom stereocenters. The number of amides is 2. The molecule has 0 radical (unpaired) electrons. The molecular formula is C22H50N2O4. The van der Waals surface area contributed by atoms with Crippen molar-refractivity contribution < 1.29 is 19.1 Å². The largest absolute Gasteiger partial charge is 0.379 e. The smallest absolute Gasteiger partial charge is 0.225 e. The van der Waals surface area contributed by atoms with Gasteiger partial charge in [0, 0.05) is 39.1 Å². The van der Waals surface area contributed by atoms with Crippen LogP contribution in [0.3, 0.4) is 0 Å². The quantitative estimate of drug-likeness (QED) is 0.624. The maximum absolute atomic E-state index is 10.7. The standard InChI is InChI=1S/2C6H13NO.2C5H12O/c2*1-6(2,3)5(8)7-4;2*1-5(2,3)6-4/h2*1-4H3,(H,7,8);2*1-4H3. The van der Waals surface area contributed by atoms with Crippen molar-refractivity contribution in [3.63, 3.8) is 0 Å². The monoisotopic (exact) mass is 406 g/mol. The average molecular weight is 407 g/mol. The van der Waals surface area contributed by atoms with E-state index in [9.17, 15) is 9.59 Å². The summed E-state index contributed by atoms with van der Waals surface area (Å²) >= 11 is 0. The van der Waals surface area contributed by atoms with Crippen LogP contribution in [-0.4, -0.2) is 51.3 Å². The van der Waals surface area contributed by atoms with Gasteiger partial charge in [0.15, 0.2) is 0 Å². The van der Waals surface area contributed by atoms with Crippen molar-refractivity contribution in [3.8, 4) is 0 Å². The van der Waals surface area contributed by atoms with Crippen molar-refractivity contribution in [3.05, 3.63) is 0 Å². The Morgan fingerprint density at radius 3 is 0.679 bits per heavy atom. The lowest BCUT2D eigenvalue weighted by Crippen LogP contribution is -2.31. The van der Waals surface area contributed by atoms with E-state index in [0.29, 0.717) is 0 Å². The van der Waals surface area contributed by atoms with E-state index in [1.54, 1.807) is 28.3 Å². The molecule has 6 nitrogen and oxygen atoms in total. The number of hydrogen-bond acceptors (Lipinski definition) is 4. The predicted molar refractivity (Wildman–Crippen MR) is 121 cm³/mol. The van der Waals surface area contributed by atoms with Crippen LogP contribution >= 0.6 is 0 Å². The van der Waals surface area contributed by atoms with Crippen molar-refractivity contribution in [2.24, 2.45) is 10.8 Å². The van der Waals surface area contributed by atoms with Crippen LogP contribution in [0.25, 0.3) is 0 Å². The Hall–Kier alpha value is -1.14. The van der Waals surface area contributed by atoms with Gasteiger partial charge in [-0.05, 0) is 41.5 Å². The third-order valence-electron chi connectivity index (χ3n) is 3.04. The Bertz CT molecular complexity index is 366. The fourth-order valence-corrected chi connectivity index (χ4v) is 0.750. The van der Waals surface area contributed by atoms with E-state index in [4.69, 9.17) is 9.47 Å². The molecule has 0 saturated heterocycles. The molecule has 0 bridgehead atoms. The summed E-state index contributed by atoms with van der Waals surface area (Å²) in [4.78, 5) is 21.4. The number of hydrogen-bond donors (Lipinski definition) is 2. The number of methoxy groups -OCH3 is 2. The van der Waals surface area contributed by atoms with Crippen molar-refractivity contribution >= 4 is 11.8 Å². The highest BCUT2D eigenvalue weighted by atomic mass is 16.5. The molecule has 2 amide bonds. The Labute approximate surface area is 175 Å². The zero-order valence-electron chi connectivity index (χ0n) is 21.6. The third-order valence-corrected chi connectivity index (χ3v) is 3.04. The molecule has 172 valence electrons. The molecule has 0 saturated carbocycles. The summed E-state index contributed by atoms with van der Waals surface area (Å²) < 4.78 is 9.88. The molecular weight excluding hydrogens is 356 g/mol. The highest BCUT2D eigenvalue weighted by Crippen LogP contribution is 2.11. The number of nitrogens with one attached hydrogen (secondary N) is 2. The normalized spacial score (nSPS) is 11.4. The SMILES string of the molecule is CNC(=O)C(C)(C)C.CNC(=O)C(C)(C)C.COC(C)(C)C.COC(C)(C)C. The van der Waals surface area contributed by atoms with Gasteiger partial charge in [0.05, 0.1) is 11.2 Å². The van der Waals surface area contributed by atoms with E-state index in [1.165, 1.54) is 0 Å². The molecule has 0 heterocycles. The first kappa shape index (κ1) is 34.4.